The first-order valence-electron chi connectivity index (χ1n) is 10.1. The lowest BCUT2D eigenvalue weighted by Gasteiger charge is -2.21. The summed E-state index contributed by atoms with van der Waals surface area (Å²) in [4.78, 5) is 44.5. The number of ketones is 1. The van der Waals surface area contributed by atoms with Crippen molar-refractivity contribution >= 4 is 16.8 Å². The van der Waals surface area contributed by atoms with Crippen molar-refractivity contribution in [2.24, 2.45) is 5.92 Å². The third kappa shape index (κ3) is 3.08. The summed E-state index contributed by atoms with van der Waals surface area (Å²) in [6, 6.07) is 5.53. The average molecular weight is 407 g/mol. The van der Waals surface area contributed by atoms with Gasteiger partial charge in [0.2, 0.25) is 0 Å². The Balaban J connectivity index is 1.64. The summed E-state index contributed by atoms with van der Waals surface area (Å²) in [5.74, 6) is 1.43. The number of Topliss-reactive ketones (excluding diaryl/α,β-unsaturated/α-hetero) is 1. The summed E-state index contributed by atoms with van der Waals surface area (Å²) < 4.78 is 12.8. The average Bonchev–Trinajstić information content (AvgIpc) is 2.95. The number of aromatic nitrogens is 3. The number of rotatable bonds is 2. The molecule has 2 aromatic heterocycles. The van der Waals surface area contributed by atoms with Gasteiger partial charge in [0.25, 0.3) is 5.56 Å². The number of nitrogens with one attached hydrogen (secondary N) is 1. The molecule has 1 aliphatic carbocycles. The molecule has 1 atom stereocenters. The van der Waals surface area contributed by atoms with Gasteiger partial charge in [0, 0.05) is 24.6 Å². The van der Waals surface area contributed by atoms with Crippen molar-refractivity contribution in [2.45, 2.75) is 32.7 Å². The third-order valence-corrected chi connectivity index (χ3v) is 5.65. The van der Waals surface area contributed by atoms with Crippen molar-refractivity contribution in [3.05, 3.63) is 61.9 Å². The van der Waals surface area contributed by atoms with Crippen molar-refractivity contribution in [1.29, 1.82) is 0 Å². The topological polar surface area (TPSA) is 103 Å². The largest absolute Gasteiger partial charge is 0.490 e. The van der Waals surface area contributed by atoms with Gasteiger partial charge in [-0.15, -0.1) is 0 Å². The van der Waals surface area contributed by atoms with E-state index in [2.05, 4.69) is 9.97 Å². The number of aromatic amines is 1. The molecular formula is C22H21N3O5. The fraction of sp³-hybridized carbons (Fsp3) is 0.364. The molecule has 8 heteroatoms. The lowest BCUT2D eigenvalue weighted by molar-refractivity contribution is 0.0953. The van der Waals surface area contributed by atoms with Crippen LogP contribution in [0, 0.1) is 5.92 Å². The van der Waals surface area contributed by atoms with Crippen molar-refractivity contribution in [2.75, 3.05) is 13.2 Å². The summed E-state index contributed by atoms with van der Waals surface area (Å²) in [6.45, 7) is 3.35. The highest BCUT2D eigenvalue weighted by molar-refractivity contribution is 6.02. The highest BCUT2D eigenvalue weighted by Gasteiger charge is 2.27. The van der Waals surface area contributed by atoms with Gasteiger partial charge in [-0.2, -0.15) is 0 Å². The van der Waals surface area contributed by atoms with E-state index in [1.165, 1.54) is 10.8 Å². The van der Waals surface area contributed by atoms with Crippen LogP contribution in [0.5, 0.6) is 11.5 Å². The number of ether oxygens (including phenoxy) is 2. The number of fused-ring (bicyclic) bond motifs is 4. The van der Waals surface area contributed by atoms with Crippen LogP contribution in [-0.2, 0) is 13.0 Å². The Hall–Kier alpha value is -3.42. The zero-order chi connectivity index (χ0) is 20.8. The Morgan fingerprint density at radius 1 is 1.13 bits per heavy atom. The second-order valence-electron chi connectivity index (χ2n) is 7.96. The standard InChI is InChI=1S/C22H21N3O5/c1-12-7-14-15(16(26)8-12)10-23-20-19(14)21(27)24-22(28)25(20)11-13-3-4-17-18(9-13)30-6-2-5-29-17/h3-4,9-10,12H,2,5-8,11H2,1H3,(H,24,27,28). The number of nitrogens with zero attached hydrogens (tertiary/aromatic N) is 2. The summed E-state index contributed by atoms with van der Waals surface area (Å²) in [7, 11) is 0. The molecule has 5 rings (SSSR count). The SMILES string of the molecule is CC1CC(=O)c2cnc3c(c2C1)c(=O)[nH]c(=O)n3Cc1ccc2c(c1)OCCCO2. The van der Waals surface area contributed by atoms with Crippen molar-refractivity contribution in [3.8, 4) is 11.5 Å². The minimum Gasteiger partial charge on any atom is -0.490 e. The molecule has 0 spiro atoms. The van der Waals surface area contributed by atoms with Crippen LogP contribution in [0.25, 0.3) is 11.0 Å². The minimum atomic E-state index is -0.540. The predicted octanol–water partition coefficient (Wildman–Crippen LogP) is 2.06. The molecule has 0 amide bonds. The molecule has 1 N–H and O–H groups in total. The molecule has 8 nitrogen and oxygen atoms in total. The second-order valence-corrected chi connectivity index (χ2v) is 7.96. The van der Waals surface area contributed by atoms with Crippen molar-refractivity contribution in [1.82, 2.24) is 14.5 Å². The molecule has 3 aromatic rings. The molecule has 3 heterocycles. The third-order valence-electron chi connectivity index (χ3n) is 5.65. The first-order valence-corrected chi connectivity index (χ1v) is 10.1. The van der Waals surface area contributed by atoms with Crippen LogP contribution >= 0.6 is 0 Å². The van der Waals surface area contributed by atoms with Crippen molar-refractivity contribution < 1.29 is 14.3 Å². The van der Waals surface area contributed by atoms with Gasteiger partial charge in [-0.1, -0.05) is 13.0 Å². The maximum absolute atomic E-state index is 12.7. The lowest BCUT2D eigenvalue weighted by atomic mass is 9.84. The Labute approximate surface area is 171 Å². The monoisotopic (exact) mass is 407 g/mol. The van der Waals surface area contributed by atoms with Crippen molar-refractivity contribution in [3.63, 3.8) is 0 Å². The Morgan fingerprint density at radius 3 is 2.77 bits per heavy atom. The van der Waals surface area contributed by atoms with Crippen LogP contribution < -0.4 is 20.7 Å². The molecular weight excluding hydrogens is 386 g/mol. The fourth-order valence-corrected chi connectivity index (χ4v) is 4.24. The number of carbonyl (C=O) groups is 1. The van der Waals surface area contributed by atoms with Gasteiger partial charge in [0.1, 0.15) is 5.65 Å². The molecule has 30 heavy (non-hydrogen) atoms. The van der Waals surface area contributed by atoms with Crippen LogP contribution in [0.3, 0.4) is 0 Å². The molecule has 0 bridgehead atoms. The molecule has 1 aromatic carbocycles. The highest BCUT2D eigenvalue weighted by Crippen LogP contribution is 2.31. The van der Waals surface area contributed by atoms with Gasteiger partial charge in [-0.3, -0.25) is 19.1 Å². The van der Waals surface area contributed by atoms with Crippen LogP contribution in [0.1, 0.15) is 41.3 Å². The van der Waals surface area contributed by atoms with Gasteiger partial charge in [0.15, 0.2) is 17.3 Å². The number of hydrogen-bond donors (Lipinski definition) is 1. The molecule has 0 saturated heterocycles. The van der Waals surface area contributed by atoms with E-state index in [-0.39, 0.29) is 23.9 Å². The first-order chi connectivity index (χ1) is 14.5. The summed E-state index contributed by atoms with van der Waals surface area (Å²) in [5.41, 5.74) is 1.22. The fourth-order valence-electron chi connectivity index (χ4n) is 4.24. The molecule has 1 aliphatic heterocycles. The Bertz CT molecular complexity index is 1290. The van der Waals surface area contributed by atoms with Crippen LogP contribution in [0.15, 0.2) is 34.0 Å². The number of carbonyl (C=O) groups excluding carboxylic acids is 1. The normalized spacial score (nSPS) is 18.2. The predicted molar refractivity (Wildman–Crippen MR) is 110 cm³/mol. The zero-order valence-corrected chi connectivity index (χ0v) is 16.6. The van der Waals surface area contributed by atoms with E-state index in [0.29, 0.717) is 54.1 Å². The Morgan fingerprint density at radius 2 is 1.93 bits per heavy atom. The lowest BCUT2D eigenvalue weighted by Crippen LogP contribution is -2.33. The van der Waals surface area contributed by atoms with E-state index >= 15 is 0 Å². The van der Waals surface area contributed by atoms with E-state index in [4.69, 9.17) is 9.47 Å². The Kier molecular flexibility index (Phi) is 4.42. The molecule has 154 valence electrons. The summed E-state index contributed by atoms with van der Waals surface area (Å²) in [5, 5.41) is 0.321. The van der Waals surface area contributed by atoms with Crippen LogP contribution in [0.2, 0.25) is 0 Å². The zero-order valence-electron chi connectivity index (χ0n) is 16.6. The number of hydrogen-bond acceptors (Lipinski definition) is 6. The van der Waals surface area contributed by atoms with E-state index in [1.54, 1.807) is 0 Å². The maximum Gasteiger partial charge on any atom is 0.330 e. The van der Waals surface area contributed by atoms with Crippen LogP contribution in [0.4, 0.5) is 0 Å². The highest BCUT2D eigenvalue weighted by atomic mass is 16.5. The molecule has 0 saturated carbocycles. The summed E-state index contributed by atoms with van der Waals surface area (Å²) >= 11 is 0. The summed E-state index contributed by atoms with van der Waals surface area (Å²) in [6.07, 6.45) is 3.34. The van der Waals surface area contributed by atoms with Gasteiger partial charge < -0.3 is 9.47 Å². The quantitative estimate of drug-likeness (QED) is 0.698. The smallest absolute Gasteiger partial charge is 0.330 e. The second kappa shape index (κ2) is 7.12. The van der Waals surface area contributed by atoms with Gasteiger partial charge in [0.05, 0.1) is 25.1 Å². The minimum absolute atomic E-state index is 0.0156. The van der Waals surface area contributed by atoms with Gasteiger partial charge in [-0.05, 0) is 35.6 Å². The number of pyridine rings is 1. The van der Waals surface area contributed by atoms with Gasteiger partial charge >= 0.3 is 5.69 Å². The van der Waals surface area contributed by atoms with E-state index in [1.807, 2.05) is 25.1 Å². The molecule has 0 fully saturated rings. The van der Waals surface area contributed by atoms with Gasteiger partial charge in [-0.25, -0.2) is 9.78 Å². The molecule has 1 unspecified atom stereocenters. The maximum atomic E-state index is 12.7. The molecule has 2 aliphatic rings. The van der Waals surface area contributed by atoms with E-state index < -0.39 is 11.2 Å². The number of benzene rings is 1. The number of H-pyrrole nitrogens is 1. The van der Waals surface area contributed by atoms with E-state index in [0.717, 1.165) is 12.0 Å². The van der Waals surface area contributed by atoms with Crippen LogP contribution in [-0.4, -0.2) is 33.5 Å². The first kappa shape index (κ1) is 18.6. The van der Waals surface area contributed by atoms with E-state index in [9.17, 15) is 14.4 Å². The molecule has 0 radical (unpaired) electrons.